The Kier molecular flexibility index (Phi) is 1.94. The van der Waals surface area contributed by atoms with Gasteiger partial charge in [-0.1, -0.05) is 11.6 Å². The lowest BCUT2D eigenvalue weighted by Gasteiger charge is -1.99. The van der Waals surface area contributed by atoms with E-state index < -0.39 is 0 Å². The molecule has 2 aromatic rings. The first-order chi connectivity index (χ1) is 6.27. The number of nitrogens with zero attached hydrogens (tertiary/aromatic N) is 1. The largest absolute Gasteiger partial charge is 0.507 e. The number of phenols is 1. The van der Waals surface area contributed by atoms with Crippen LogP contribution in [0.4, 0.5) is 0 Å². The van der Waals surface area contributed by atoms with E-state index in [0.29, 0.717) is 16.3 Å². The Labute approximate surface area is 79.6 Å². The average molecular weight is 196 g/mol. The van der Waals surface area contributed by atoms with Crippen molar-refractivity contribution < 1.29 is 9.52 Å². The number of benzene rings is 1. The van der Waals surface area contributed by atoms with E-state index in [1.54, 1.807) is 12.1 Å². The Balaban J connectivity index is 2.53. The fourth-order valence-electron chi connectivity index (χ4n) is 1.07. The van der Waals surface area contributed by atoms with Gasteiger partial charge >= 0.3 is 0 Å². The number of aromatic nitrogens is 1. The third-order valence-corrected chi connectivity index (χ3v) is 1.90. The van der Waals surface area contributed by atoms with Crippen LogP contribution in [0.3, 0.4) is 0 Å². The molecule has 0 saturated carbocycles. The lowest BCUT2D eigenvalue weighted by Crippen LogP contribution is -1.78. The number of rotatable bonds is 1. The zero-order valence-corrected chi connectivity index (χ0v) is 7.32. The molecule has 0 amide bonds. The maximum Gasteiger partial charge on any atom is 0.181 e. The zero-order chi connectivity index (χ0) is 9.26. The second kappa shape index (κ2) is 3.11. The van der Waals surface area contributed by atoms with Crippen molar-refractivity contribution in [3.05, 3.63) is 35.9 Å². The Morgan fingerprint density at radius 1 is 1.38 bits per heavy atom. The Bertz CT molecular complexity index is 412. The summed E-state index contributed by atoms with van der Waals surface area (Å²) < 4.78 is 4.80. The van der Waals surface area contributed by atoms with Crippen molar-refractivity contribution in [3.63, 3.8) is 0 Å². The molecule has 0 radical (unpaired) electrons. The van der Waals surface area contributed by atoms with Crippen LogP contribution in [0.1, 0.15) is 0 Å². The van der Waals surface area contributed by atoms with Crippen LogP contribution in [0.25, 0.3) is 11.3 Å². The molecule has 66 valence electrons. The summed E-state index contributed by atoms with van der Waals surface area (Å²) >= 11 is 5.67. The second-order valence-electron chi connectivity index (χ2n) is 2.54. The number of hydrogen-bond donors (Lipinski definition) is 1. The molecule has 3 nitrogen and oxygen atoms in total. The summed E-state index contributed by atoms with van der Waals surface area (Å²) in [6.45, 7) is 0. The van der Waals surface area contributed by atoms with E-state index in [9.17, 15) is 5.11 Å². The first-order valence-electron chi connectivity index (χ1n) is 3.64. The van der Waals surface area contributed by atoms with Crippen LogP contribution in [0.5, 0.6) is 5.75 Å². The highest BCUT2D eigenvalue weighted by Crippen LogP contribution is 2.29. The first-order valence-corrected chi connectivity index (χ1v) is 4.02. The summed E-state index contributed by atoms with van der Waals surface area (Å²) in [6.07, 6.45) is 2.77. The van der Waals surface area contributed by atoms with E-state index in [1.165, 1.54) is 18.7 Å². The number of oxazole rings is 1. The molecule has 0 spiro atoms. The van der Waals surface area contributed by atoms with Crippen LogP contribution < -0.4 is 0 Å². The topological polar surface area (TPSA) is 46.3 Å². The smallest absolute Gasteiger partial charge is 0.181 e. The van der Waals surface area contributed by atoms with E-state index >= 15 is 0 Å². The molecule has 0 aliphatic carbocycles. The molecule has 0 aliphatic heterocycles. The van der Waals surface area contributed by atoms with Crippen molar-refractivity contribution >= 4 is 11.6 Å². The van der Waals surface area contributed by atoms with Crippen molar-refractivity contribution in [2.24, 2.45) is 0 Å². The Morgan fingerprint density at radius 3 is 2.85 bits per heavy atom. The molecule has 4 heteroatoms. The SMILES string of the molecule is Oc1cc(Cl)ccc1-c1cocn1. The monoisotopic (exact) mass is 195 g/mol. The van der Waals surface area contributed by atoms with E-state index in [1.807, 2.05) is 0 Å². The fraction of sp³-hybridized carbons (Fsp3) is 0. The molecule has 0 aliphatic rings. The molecule has 1 aromatic carbocycles. The van der Waals surface area contributed by atoms with Crippen molar-refractivity contribution in [2.75, 3.05) is 0 Å². The van der Waals surface area contributed by atoms with Crippen LogP contribution in [0, 0.1) is 0 Å². The van der Waals surface area contributed by atoms with Gasteiger partial charge in [0.05, 0.1) is 0 Å². The van der Waals surface area contributed by atoms with Crippen molar-refractivity contribution in [1.29, 1.82) is 0 Å². The summed E-state index contributed by atoms with van der Waals surface area (Å²) in [6, 6.07) is 4.84. The minimum Gasteiger partial charge on any atom is -0.507 e. The van der Waals surface area contributed by atoms with Crippen LogP contribution >= 0.6 is 11.6 Å². The predicted octanol–water partition coefficient (Wildman–Crippen LogP) is 2.70. The number of halogens is 1. The minimum atomic E-state index is 0.0985. The van der Waals surface area contributed by atoms with Crippen LogP contribution in [-0.4, -0.2) is 10.1 Å². The standard InChI is InChI=1S/C9H6ClNO2/c10-6-1-2-7(9(12)3-6)8-4-13-5-11-8/h1-5,12H. The summed E-state index contributed by atoms with van der Waals surface area (Å²) in [5.41, 5.74) is 1.20. The van der Waals surface area contributed by atoms with Crippen LogP contribution in [0.15, 0.2) is 35.3 Å². The van der Waals surface area contributed by atoms with Crippen molar-refractivity contribution in [3.8, 4) is 17.0 Å². The van der Waals surface area contributed by atoms with Gasteiger partial charge in [-0.15, -0.1) is 0 Å². The van der Waals surface area contributed by atoms with Crippen molar-refractivity contribution in [1.82, 2.24) is 4.98 Å². The maximum absolute atomic E-state index is 9.50. The maximum atomic E-state index is 9.50. The van der Waals surface area contributed by atoms with Crippen LogP contribution in [-0.2, 0) is 0 Å². The highest BCUT2D eigenvalue weighted by Gasteiger charge is 2.06. The third kappa shape index (κ3) is 1.51. The van der Waals surface area contributed by atoms with Gasteiger partial charge in [0.2, 0.25) is 0 Å². The van der Waals surface area contributed by atoms with Gasteiger partial charge in [-0.05, 0) is 18.2 Å². The molecular formula is C9H6ClNO2. The van der Waals surface area contributed by atoms with Gasteiger partial charge in [-0.2, -0.15) is 0 Å². The quantitative estimate of drug-likeness (QED) is 0.761. The molecule has 1 N–H and O–H groups in total. The average Bonchev–Trinajstić information content (AvgIpc) is 2.56. The lowest BCUT2D eigenvalue weighted by molar-refractivity contribution is 0.477. The third-order valence-electron chi connectivity index (χ3n) is 1.67. The molecule has 0 fully saturated rings. The number of phenolic OH excluding ortho intramolecular Hbond substituents is 1. The molecule has 0 saturated heterocycles. The van der Waals surface area contributed by atoms with Gasteiger partial charge in [0, 0.05) is 10.6 Å². The molecule has 13 heavy (non-hydrogen) atoms. The Hall–Kier alpha value is -1.48. The van der Waals surface area contributed by atoms with Gasteiger partial charge in [0.15, 0.2) is 6.39 Å². The van der Waals surface area contributed by atoms with Gasteiger partial charge < -0.3 is 9.52 Å². The van der Waals surface area contributed by atoms with E-state index in [2.05, 4.69) is 4.98 Å². The number of aromatic hydroxyl groups is 1. The highest BCUT2D eigenvalue weighted by atomic mass is 35.5. The summed E-state index contributed by atoms with van der Waals surface area (Å²) in [5.74, 6) is 0.0985. The molecule has 0 atom stereocenters. The molecule has 1 heterocycles. The van der Waals surface area contributed by atoms with Crippen LogP contribution in [0.2, 0.25) is 5.02 Å². The predicted molar refractivity (Wildman–Crippen MR) is 48.6 cm³/mol. The van der Waals surface area contributed by atoms with E-state index in [0.717, 1.165) is 0 Å². The van der Waals surface area contributed by atoms with Gasteiger partial charge in [0.25, 0.3) is 0 Å². The lowest BCUT2D eigenvalue weighted by atomic mass is 10.1. The summed E-state index contributed by atoms with van der Waals surface area (Å²) in [4.78, 5) is 3.91. The normalized spacial score (nSPS) is 10.2. The van der Waals surface area contributed by atoms with Gasteiger partial charge in [0.1, 0.15) is 17.7 Å². The second-order valence-corrected chi connectivity index (χ2v) is 2.97. The molecule has 0 unspecified atom stereocenters. The van der Waals surface area contributed by atoms with Crippen molar-refractivity contribution in [2.45, 2.75) is 0 Å². The highest BCUT2D eigenvalue weighted by molar-refractivity contribution is 6.30. The van der Waals surface area contributed by atoms with Gasteiger partial charge in [-0.3, -0.25) is 0 Å². The number of hydrogen-bond acceptors (Lipinski definition) is 3. The van der Waals surface area contributed by atoms with E-state index in [-0.39, 0.29) is 5.75 Å². The molecule has 1 aromatic heterocycles. The minimum absolute atomic E-state index is 0.0985. The molecule has 0 bridgehead atoms. The van der Waals surface area contributed by atoms with Gasteiger partial charge in [-0.25, -0.2) is 4.98 Å². The Morgan fingerprint density at radius 2 is 2.23 bits per heavy atom. The summed E-state index contributed by atoms with van der Waals surface area (Å²) in [5, 5.41) is 9.99. The van der Waals surface area contributed by atoms with E-state index in [4.69, 9.17) is 16.0 Å². The summed E-state index contributed by atoms with van der Waals surface area (Å²) in [7, 11) is 0. The zero-order valence-electron chi connectivity index (χ0n) is 6.57. The fourth-order valence-corrected chi connectivity index (χ4v) is 1.23. The molecular weight excluding hydrogens is 190 g/mol. The molecule has 2 rings (SSSR count). The first kappa shape index (κ1) is 8.13.